The highest BCUT2D eigenvalue weighted by Crippen LogP contribution is 2.22. The van der Waals surface area contributed by atoms with E-state index in [1.807, 2.05) is 37.3 Å². The molecule has 1 heterocycles. The Morgan fingerprint density at radius 3 is 2.31 bits per heavy atom. The average molecular weight is 436 g/mol. The minimum absolute atomic E-state index is 0.0866. The van der Waals surface area contributed by atoms with Gasteiger partial charge in [-0.3, -0.25) is 23.9 Å². The molecule has 0 spiro atoms. The maximum Gasteiger partial charge on any atom is 0.330 e. The summed E-state index contributed by atoms with van der Waals surface area (Å²) >= 11 is 0. The molecule has 0 saturated carbocycles. The number of ether oxygens (including phenoxy) is 1. The molecule has 9 nitrogen and oxygen atoms in total. The molecule has 1 amide bonds. The van der Waals surface area contributed by atoms with Gasteiger partial charge in [0.1, 0.15) is 11.6 Å². The first kappa shape index (κ1) is 22.5. The van der Waals surface area contributed by atoms with Crippen LogP contribution in [0.3, 0.4) is 0 Å². The van der Waals surface area contributed by atoms with Gasteiger partial charge >= 0.3 is 11.7 Å². The molecule has 0 unspecified atom stereocenters. The highest BCUT2D eigenvalue weighted by atomic mass is 16.5. The number of hydrogen-bond acceptors (Lipinski definition) is 6. The van der Waals surface area contributed by atoms with Crippen molar-refractivity contribution in [1.82, 2.24) is 9.55 Å². The van der Waals surface area contributed by atoms with E-state index in [0.29, 0.717) is 12.2 Å². The number of hydrogen-bond donors (Lipinski definition) is 2. The van der Waals surface area contributed by atoms with Gasteiger partial charge in [0.05, 0.1) is 6.54 Å². The third-order valence-corrected chi connectivity index (χ3v) is 4.72. The standard InChI is InChI=1S/C23H24N4O5/c1-3-13-26(22(30)17-9-11-18(12-10-17)32-15(2)28)19-20(24)27(23(31)25-21(19)29)14-16-7-5-4-6-8-16/h4-12H,3,13-14,24H2,1-2H3,(H,25,29,31). The molecule has 0 bridgehead atoms. The summed E-state index contributed by atoms with van der Waals surface area (Å²) in [6, 6.07) is 15.1. The molecule has 9 heteroatoms. The fourth-order valence-corrected chi connectivity index (χ4v) is 3.29. The molecule has 0 aliphatic heterocycles. The second-order valence-corrected chi connectivity index (χ2v) is 7.14. The maximum absolute atomic E-state index is 13.3. The van der Waals surface area contributed by atoms with Crippen LogP contribution in [0.2, 0.25) is 0 Å². The lowest BCUT2D eigenvalue weighted by molar-refractivity contribution is -0.131. The van der Waals surface area contributed by atoms with Crippen LogP contribution >= 0.6 is 0 Å². The number of H-pyrrole nitrogens is 1. The minimum atomic E-state index is -0.741. The zero-order valence-electron chi connectivity index (χ0n) is 17.8. The van der Waals surface area contributed by atoms with E-state index >= 15 is 0 Å². The summed E-state index contributed by atoms with van der Waals surface area (Å²) in [6.07, 6.45) is 0.550. The molecule has 0 aliphatic rings. The highest BCUT2D eigenvalue weighted by Gasteiger charge is 2.25. The quantitative estimate of drug-likeness (QED) is 0.432. The molecule has 1 aromatic heterocycles. The largest absolute Gasteiger partial charge is 0.427 e. The molecule has 2 aromatic carbocycles. The molecule has 0 radical (unpaired) electrons. The Kier molecular flexibility index (Phi) is 6.89. The average Bonchev–Trinajstić information content (AvgIpc) is 2.76. The van der Waals surface area contributed by atoms with Crippen molar-refractivity contribution < 1.29 is 14.3 Å². The molecule has 32 heavy (non-hydrogen) atoms. The van der Waals surface area contributed by atoms with Crippen molar-refractivity contribution in [3.63, 3.8) is 0 Å². The Morgan fingerprint density at radius 2 is 1.72 bits per heavy atom. The first-order valence-electron chi connectivity index (χ1n) is 10.1. The van der Waals surface area contributed by atoms with Gasteiger partial charge in [-0.15, -0.1) is 0 Å². The second kappa shape index (κ2) is 9.78. The number of nitrogens with one attached hydrogen (secondary N) is 1. The van der Waals surface area contributed by atoms with E-state index in [1.54, 1.807) is 0 Å². The summed E-state index contributed by atoms with van der Waals surface area (Å²) in [4.78, 5) is 53.0. The predicted molar refractivity (Wildman–Crippen MR) is 121 cm³/mol. The van der Waals surface area contributed by atoms with Crippen molar-refractivity contribution in [3.05, 3.63) is 86.6 Å². The number of nitrogen functional groups attached to an aromatic ring is 1. The molecule has 166 valence electrons. The smallest absolute Gasteiger partial charge is 0.330 e. The van der Waals surface area contributed by atoms with Crippen molar-refractivity contribution in [3.8, 4) is 5.75 Å². The molecule has 0 aliphatic carbocycles. The fourth-order valence-electron chi connectivity index (χ4n) is 3.29. The lowest BCUT2D eigenvalue weighted by atomic mass is 10.1. The number of benzene rings is 2. The van der Waals surface area contributed by atoms with Gasteiger partial charge in [-0.2, -0.15) is 0 Å². The van der Waals surface area contributed by atoms with Crippen LogP contribution in [0.1, 0.15) is 36.2 Å². The topological polar surface area (TPSA) is 127 Å². The number of rotatable bonds is 7. The summed E-state index contributed by atoms with van der Waals surface area (Å²) < 4.78 is 6.22. The lowest BCUT2D eigenvalue weighted by Crippen LogP contribution is -2.41. The summed E-state index contributed by atoms with van der Waals surface area (Å²) in [6.45, 7) is 3.48. The first-order chi connectivity index (χ1) is 15.3. The number of nitrogens with two attached hydrogens (primary N) is 1. The van der Waals surface area contributed by atoms with Crippen LogP contribution in [0.25, 0.3) is 0 Å². The molecular formula is C23H24N4O5. The van der Waals surface area contributed by atoms with Crippen molar-refractivity contribution >= 4 is 23.4 Å². The number of carbonyl (C=O) groups excluding carboxylic acids is 2. The Hall–Kier alpha value is -4.14. The summed E-state index contributed by atoms with van der Waals surface area (Å²) in [7, 11) is 0. The van der Waals surface area contributed by atoms with Gasteiger partial charge in [0.2, 0.25) is 0 Å². The number of anilines is 2. The Morgan fingerprint density at radius 1 is 1.06 bits per heavy atom. The van der Waals surface area contributed by atoms with E-state index in [0.717, 1.165) is 5.56 Å². The molecule has 3 rings (SSSR count). The lowest BCUT2D eigenvalue weighted by Gasteiger charge is -2.24. The van der Waals surface area contributed by atoms with Crippen LogP contribution in [-0.4, -0.2) is 28.0 Å². The van der Waals surface area contributed by atoms with Gasteiger partial charge in [-0.25, -0.2) is 4.79 Å². The molecule has 0 fully saturated rings. The van der Waals surface area contributed by atoms with Gasteiger partial charge < -0.3 is 15.4 Å². The van der Waals surface area contributed by atoms with E-state index < -0.39 is 23.1 Å². The van der Waals surface area contributed by atoms with Gasteiger partial charge in [0.25, 0.3) is 11.5 Å². The van der Waals surface area contributed by atoms with E-state index in [-0.39, 0.29) is 30.2 Å². The Labute approximate surface area is 184 Å². The zero-order chi connectivity index (χ0) is 23.3. The van der Waals surface area contributed by atoms with Crippen LogP contribution < -0.4 is 26.6 Å². The van der Waals surface area contributed by atoms with Crippen LogP contribution in [0, 0.1) is 0 Å². The highest BCUT2D eigenvalue weighted by molar-refractivity contribution is 6.07. The minimum Gasteiger partial charge on any atom is -0.427 e. The number of esters is 1. The Balaban J connectivity index is 2.02. The van der Waals surface area contributed by atoms with E-state index in [2.05, 4.69) is 4.98 Å². The number of aromatic amines is 1. The summed E-state index contributed by atoms with van der Waals surface area (Å²) in [5.74, 6) is -0.745. The van der Waals surface area contributed by atoms with E-state index in [4.69, 9.17) is 10.5 Å². The van der Waals surface area contributed by atoms with E-state index in [1.165, 1.54) is 40.7 Å². The van der Waals surface area contributed by atoms with Gasteiger partial charge in [0, 0.05) is 19.0 Å². The Bertz CT molecular complexity index is 1230. The number of nitrogens with zero attached hydrogens (tertiary/aromatic N) is 2. The third kappa shape index (κ3) is 4.94. The molecule has 3 aromatic rings. The van der Waals surface area contributed by atoms with E-state index in [9.17, 15) is 19.2 Å². The van der Waals surface area contributed by atoms with Gasteiger partial charge in [-0.1, -0.05) is 37.3 Å². The van der Waals surface area contributed by atoms with Crippen molar-refractivity contribution in [1.29, 1.82) is 0 Å². The van der Waals surface area contributed by atoms with Crippen molar-refractivity contribution in [2.75, 3.05) is 17.2 Å². The first-order valence-corrected chi connectivity index (χ1v) is 10.1. The SMILES string of the molecule is CCCN(C(=O)c1ccc(OC(C)=O)cc1)c1c(N)n(Cc2ccccc2)c(=O)[nH]c1=O. The number of carbonyl (C=O) groups is 2. The van der Waals surface area contributed by atoms with Crippen LogP contribution in [0.5, 0.6) is 5.75 Å². The monoisotopic (exact) mass is 436 g/mol. The normalized spacial score (nSPS) is 10.6. The van der Waals surface area contributed by atoms with Crippen LogP contribution in [-0.2, 0) is 11.3 Å². The summed E-state index contributed by atoms with van der Waals surface area (Å²) in [5.41, 5.74) is 5.85. The van der Waals surface area contributed by atoms with Crippen molar-refractivity contribution in [2.24, 2.45) is 0 Å². The molecule has 0 saturated heterocycles. The molecule has 0 atom stereocenters. The van der Waals surface area contributed by atoms with Gasteiger partial charge in [-0.05, 0) is 36.2 Å². The zero-order valence-corrected chi connectivity index (χ0v) is 17.8. The molecule has 3 N–H and O–H groups in total. The maximum atomic E-state index is 13.3. The fraction of sp³-hybridized carbons (Fsp3) is 0.217. The molecular weight excluding hydrogens is 412 g/mol. The van der Waals surface area contributed by atoms with Crippen LogP contribution in [0.4, 0.5) is 11.5 Å². The van der Waals surface area contributed by atoms with Gasteiger partial charge in [0.15, 0.2) is 5.69 Å². The third-order valence-electron chi connectivity index (χ3n) is 4.72. The van der Waals surface area contributed by atoms with Crippen molar-refractivity contribution in [2.45, 2.75) is 26.8 Å². The van der Waals surface area contributed by atoms with Crippen LogP contribution in [0.15, 0.2) is 64.2 Å². The predicted octanol–water partition coefficient (Wildman–Crippen LogP) is 2.15. The summed E-state index contributed by atoms with van der Waals surface area (Å²) in [5, 5.41) is 0. The second-order valence-electron chi connectivity index (χ2n) is 7.14. The number of aromatic nitrogens is 2. The number of amides is 1.